The molecule has 0 aliphatic carbocycles. The molecule has 0 saturated carbocycles. The molecule has 0 spiro atoms. The maximum absolute atomic E-state index is 10.2. The maximum Gasteiger partial charge on any atom is 0.335 e. The molecule has 6 heteroatoms. The fraction of sp³-hybridized carbons (Fsp3) is 0.391. The molecule has 2 aromatic carbocycles. The summed E-state index contributed by atoms with van der Waals surface area (Å²) >= 11 is 0. The van der Waals surface area contributed by atoms with Gasteiger partial charge in [-0.25, -0.2) is 9.59 Å². The van der Waals surface area contributed by atoms with Gasteiger partial charge in [-0.05, 0) is 49.4 Å². The first-order chi connectivity index (χ1) is 13.7. The predicted molar refractivity (Wildman–Crippen MR) is 113 cm³/mol. The van der Waals surface area contributed by atoms with Crippen LogP contribution in [-0.2, 0) is 0 Å². The monoisotopic (exact) mass is 404 g/mol. The first kappa shape index (κ1) is 26.3. The zero-order chi connectivity index (χ0) is 22.2. The quantitative estimate of drug-likeness (QED) is 0.546. The molecular weight excluding hydrogens is 372 g/mol. The number of aromatic carboxylic acids is 2. The highest BCUT2D eigenvalue weighted by atomic mass is 16.4. The van der Waals surface area contributed by atoms with Gasteiger partial charge in [0.25, 0.3) is 0 Å². The van der Waals surface area contributed by atoms with Gasteiger partial charge in [-0.15, -0.1) is 0 Å². The minimum absolute atomic E-state index is 0.331. The van der Waals surface area contributed by atoms with Gasteiger partial charge in [0.05, 0.1) is 23.3 Å². The van der Waals surface area contributed by atoms with Crippen LogP contribution in [0.4, 0.5) is 0 Å². The van der Waals surface area contributed by atoms with Crippen molar-refractivity contribution >= 4 is 11.9 Å². The molecule has 2 aromatic rings. The van der Waals surface area contributed by atoms with Crippen LogP contribution >= 0.6 is 0 Å². The first-order valence-electron chi connectivity index (χ1n) is 9.61. The molecule has 0 aliphatic heterocycles. The van der Waals surface area contributed by atoms with Gasteiger partial charge in [-0.1, -0.05) is 57.2 Å². The van der Waals surface area contributed by atoms with Gasteiger partial charge in [-0.3, -0.25) is 0 Å². The van der Waals surface area contributed by atoms with E-state index >= 15 is 0 Å². The third-order valence-corrected chi connectivity index (χ3v) is 3.94. The Morgan fingerprint density at radius 1 is 0.724 bits per heavy atom. The van der Waals surface area contributed by atoms with Gasteiger partial charge >= 0.3 is 11.9 Å². The Morgan fingerprint density at radius 3 is 1.34 bits per heavy atom. The lowest BCUT2D eigenvalue weighted by atomic mass is 10.0. The number of aliphatic hydroxyl groups excluding tert-OH is 2. The zero-order valence-corrected chi connectivity index (χ0v) is 17.2. The standard InChI is InChI=1S/C9H20O2.2C7H6O2/c1-4-8(10)9(11)6-5-7(2)3;2*8-7(9)6-4-2-1-3-5-6/h7-11H,4-6H2,1-3H3;2*1-5H,(H,8,9). The van der Waals surface area contributed by atoms with Crippen molar-refractivity contribution in [1.82, 2.24) is 0 Å². The summed E-state index contributed by atoms with van der Waals surface area (Å²) < 4.78 is 0. The van der Waals surface area contributed by atoms with E-state index in [2.05, 4.69) is 13.8 Å². The summed E-state index contributed by atoms with van der Waals surface area (Å²) in [6.07, 6.45) is 1.28. The lowest BCUT2D eigenvalue weighted by molar-refractivity contribution is 0.00995. The van der Waals surface area contributed by atoms with Crippen molar-refractivity contribution in [3.05, 3.63) is 71.8 Å². The molecule has 6 nitrogen and oxygen atoms in total. The third kappa shape index (κ3) is 13.2. The van der Waals surface area contributed by atoms with Crippen molar-refractivity contribution < 1.29 is 30.0 Å². The lowest BCUT2D eigenvalue weighted by Gasteiger charge is -2.16. The van der Waals surface area contributed by atoms with Crippen LogP contribution in [0.3, 0.4) is 0 Å². The number of carbonyl (C=O) groups is 2. The van der Waals surface area contributed by atoms with Crippen molar-refractivity contribution in [2.75, 3.05) is 0 Å². The van der Waals surface area contributed by atoms with Gasteiger partial charge in [0.1, 0.15) is 0 Å². The normalized spacial score (nSPS) is 11.9. The molecule has 0 aliphatic rings. The van der Waals surface area contributed by atoms with E-state index in [0.717, 1.165) is 6.42 Å². The highest BCUT2D eigenvalue weighted by Gasteiger charge is 2.13. The molecule has 29 heavy (non-hydrogen) atoms. The summed E-state index contributed by atoms with van der Waals surface area (Å²) in [5.74, 6) is -1.15. The number of benzene rings is 2. The minimum atomic E-state index is -0.879. The molecule has 4 N–H and O–H groups in total. The van der Waals surface area contributed by atoms with Gasteiger partial charge in [0.2, 0.25) is 0 Å². The van der Waals surface area contributed by atoms with Crippen LogP contribution in [0.25, 0.3) is 0 Å². The van der Waals surface area contributed by atoms with Crippen molar-refractivity contribution in [3.63, 3.8) is 0 Å². The van der Waals surface area contributed by atoms with Crippen molar-refractivity contribution in [2.24, 2.45) is 5.92 Å². The van der Waals surface area contributed by atoms with Crippen LogP contribution < -0.4 is 0 Å². The fourth-order valence-electron chi connectivity index (χ4n) is 2.13. The van der Waals surface area contributed by atoms with Gasteiger partial charge in [0.15, 0.2) is 0 Å². The predicted octanol–water partition coefficient (Wildman–Crippen LogP) is 4.32. The molecule has 0 amide bonds. The number of carboxylic acid groups (broad SMARTS) is 2. The molecule has 0 heterocycles. The van der Waals surface area contributed by atoms with E-state index in [1.54, 1.807) is 60.7 Å². The molecule has 2 rings (SSSR count). The number of carboxylic acids is 2. The highest BCUT2D eigenvalue weighted by Crippen LogP contribution is 2.10. The summed E-state index contributed by atoms with van der Waals surface area (Å²) in [6, 6.07) is 16.6. The lowest BCUT2D eigenvalue weighted by Crippen LogP contribution is -2.25. The summed E-state index contributed by atoms with van der Waals surface area (Å²) in [6.45, 7) is 6.11. The van der Waals surface area contributed by atoms with E-state index in [9.17, 15) is 19.8 Å². The van der Waals surface area contributed by atoms with E-state index in [-0.39, 0.29) is 0 Å². The topological polar surface area (TPSA) is 115 Å². The van der Waals surface area contributed by atoms with Crippen molar-refractivity contribution in [1.29, 1.82) is 0 Å². The van der Waals surface area contributed by atoms with E-state index < -0.39 is 24.1 Å². The molecule has 0 aromatic heterocycles. The third-order valence-electron chi connectivity index (χ3n) is 3.94. The Kier molecular flexibility index (Phi) is 13.8. The largest absolute Gasteiger partial charge is 0.478 e. The Balaban J connectivity index is 0.000000408. The van der Waals surface area contributed by atoms with Gasteiger partial charge in [-0.2, -0.15) is 0 Å². The van der Waals surface area contributed by atoms with Crippen molar-refractivity contribution in [3.8, 4) is 0 Å². The molecular formula is C23H32O6. The molecule has 0 fully saturated rings. The average Bonchev–Trinajstić information content (AvgIpc) is 2.73. The molecule has 160 valence electrons. The SMILES string of the molecule is CCC(O)C(O)CCC(C)C.O=C(O)c1ccccc1.O=C(O)c1ccccc1. The summed E-state index contributed by atoms with van der Waals surface area (Å²) in [7, 11) is 0. The van der Waals surface area contributed by atoms with E-state index in [1.165, 1.54) is 0 Å². The smallest absolute Gasteiger partial charge is 0.335 e. The number of aliphatic hydroxyl groups is 2. The second kappa shape index (κ2) is 15.2. The molecule has 2 atom stereocenters. The van der Waals surface area contributed by atoms with Crippen LogP contribution in [0.2, 0.25) is 0 Å². The molecule has 2 unspecified atom stereocenters. The molecule has 0 radical (unpaired) electrons. The first-order valence-corrected chi connectivity index (χ1v) is 9.61. The number of hydrogen-bond donors (Lipinski definition) is 4. The zero-order valence-electron chi connectivity index (χ0n) is 17.2. The van der Waals surface area contributed by atoms with Crippen LogP contribution in [-0.4, -0.2) is 44.6 Å². The Labute approximate surface area is 172 Å². The Hall–Kier alpha value is -2.70. The van der Waals surface area contributed by atoms with Gasteiger partial charge < -0.3 is 20.4 Å². The molecule has 0 saturated heterocycles. The summed E-state index contributed by atoms with van der Waals surface area (Å²) in [5.41, 5.74) is 0.662. The molecule has 0 bridgehead atoms. The Bertz CT molecular complexity index is 636. The van der Waals surface area contributed by atoms with E-state index in [4.69, 9.17) is 10.2 Å². The van der Waals surface area contributed by atoms with E-state index in [1.807, 2.05) is 6.92 Å². The van der Waals surface area contributed by atoms with Crippen LogP contribution in [0.15, 0.2) is 60.7 Å². The number of hydrogen-bond acceptors (Lipinski definition) is 4. The van der Waals surface area contributed by atoms with Crippen molar-refractivity contribution in [2.45, 2.75) is 52.2 Å². The Morgan fingerprint density at radius 2 is 1.10 bits per heavy atom. The maximum atomic E-state index is 10.2. The second-order valence-corrected chi connectivity index (χ2v) is 6.86. The number of rotatable bonds is 7. The summed E-state index contributed by atoms with van der Waals surface area (Å²) in [4.78, 5) is 20.4. The van der Waals surface area contributed by atoms with Crippen LogP contribution in [0, 0.1) is 5.92 Å². The van der Waals surface area contributed by atoms with Gasteiger partial charge in [0, 0.05) is 0 Å². The average molecular weight is 405 g/mol. The second-order valence-electron chi connectivity index (χ2n) is 6.86. The summed E-state index contributed by atoms with van der Waals surface area (Å²) in [5, 5.41) is 35.3. The van der Waals surface area contributed by atoms with Crippen LogP contribution in [0.1, 0.15) is 60.7 Å². The minimum Gasteiger partial charge on any atom is -0.478 e. The van der Waals surface area contributed by atoms with E-state index in [0.29, 0.717) is 29.9 Å². The fourth-order valence-corrected chi connectivity index (χ4v) is 2.13. The van der Waals surface area contributed by atoms with Crippen LogP contribution in [0.5, 0.6) is 0 Å². The highest BCUT2D eigenvalue weighted by molar-refractivity contribution is 5.87.